The van der Waals surface area contributed by atoms with Gasteiger partial charge in [-0.2, -0.15) is 0 Å². The van der Waals surface area contributed by atoms with Gasteiger partial charge in [-0.3, -0.25) is 9.78 Å². The van der Waals surface area contributed by atoms with E-state index in [-0.39, 0.29) is 12.5 Å². The number of rotatable bonds is 6. The zero-order valence-corrected chi connectivity index (χ0v) is 11.9. The molecule has 110 valence electrons. The molecule has 0 atom stereocenters. The van der Waals surface area contributed by atoms with Crippen molar-refractivity contribution in [2.45, 2.75) is 0 Å². The quantitative estimate of drug-likeness (QED) is 0.851. The van der Waals surface area contributed by atoms with Gasteiger partial charge in [0.05, 0.1) is 32.6 Å². The number of hydrogen-bond donors (Lipinski definition) is 2. The molecular weight excluding hydrogens is 270 g/mol. The summed E-state index contributed by atoms with van der Waals surface area (Å²) in [6.07, 6.45) is 3.14. The predicted molar refractivity (Wildman–Crippen MR) is 80.9 cm³/mol. The summed E-state index contributed by atoms with van der Waals surface area (Å²) in [6, 6.07) is 9.09. The van der Waals surface area contributed by atoms with Crippen LogP contribution in [0.15, 0.2) is 42.7 Å². The number of para-hydroxylation sites is 2. The fourth-order valence-corrected chi connectivity index (χ4v) is 1.81. The molecule has 0 aliphatic rings. The average Bonchev–Trinajstić information content (AvgIpc) is 2.53. The number of benzene rings is 1. The molecule has 0 aliphatic carbocycles. The van der Waals surface area contributed by atoms with Gasteiger partial charge in [-0.05, 0) is 12.1 Å². The number of hydrogen-bond acceptors (Lipinski definition) is 5. The van der Waals surface area contributed by atoms with Gasteiger partial charge in [0.1, 0.15) is 17.2 Å². The number of pyridine rings is 1. The fraction of sp³-hybridized carbons (Fsp3) is 0.200. The van der Waals surface area contributed by atoms with Gasteiger partial charge in [-0.25, -0.2) is 0 Å². The molecule has 2 rings (SSSR count). The van der Waals surface area contributed by atoms with E-state index in [0.717, 1.165) is 5.69 Å². The van der Waals surface area contributed by atoms with Crippen molar-refractivity contribution < 1.29 is 14.3 Å². The van der Waals surface area contributed by atoms with E-state index in [1.54, 1.807) is 25.6 Å². The Balaban J connectivity index is 1.96. The fourth-order valence-electron chi connectivity index (χ4n) is 1.81. The molecule has 0 fully saturated rings. The molecule has 1 aromatic carbocycles. The smallest absolute Gasteiger partial charge is 0.243 e. The molecule has 1 aromatic heterocycles. The first-order valence-corrected chi connectivity index (χ1v) is 6.39. The summed E-state index contributed by atoms with van der Waals surface area (Å²) in [6.45, 7) is 0.110. The van der Waals surface area contributed by atoms with E-state index in [0.29, 0.717) is 17.2 Å². The highest BCUT2D eigenvalue weighted by Gasteiger charge is 2.08. The largest absolute Gasteiger partial charge is 0.495 e. The van der Waals surface area contributed by atoms with Gasteiger partial charge in [-0.1, -0.05) is 12.1 Å². The molecule has 2 N–H and O–H groups in total. The molecule has 1 amide bonds. The highest BCUT2D eigenvalue weighted by molar-refractivity contribution is 5.95. The number of carbonyl (C=O) groups excluding carboxylic acids is 1. The van der Waals surface area contributed by atoms with Gasteiger partial charge in [0, 0.05) is 12.3 Å². The van der Waals surface area contributed by atoms with Crippen LogP contribution in [0.3, 0.4) is 0 Å². The first kappa shape index (κ1) is 14.6. The standard InChI is InChI=1S/C15H17N3O3/c1-20-13-6-4-3-5-11(13)17-10-15(19)18-12-9-16-8-7-14(12)21-2/h3-9,17H,10H2,1-2H3,(H,18,19). The maximum Gasteiger partial charge on any atom is 0.243 e. The summed E-state index contributed by atoms with van der Waals surface area (Å²) in [4.78, 5) is 15.9. The summed E-state index contributed by atoms with van der Waals surface area (Å²) in [7, 11) is 3.12. The lowest BCUT2D eigenvalue weighted by molar-refractivity contribution is -0.114. The topological polar surface area (TPSA) is 72.5 Å². The Morgan fingerprint density at radius 1 is 1.10 bits per heavy atom. The van der Waals surface area contributed by atoms with Crippen molar-refractivity contribution in [2.75, 3.05) is 31.4 Å². The van der Waals surface area contributed by atoms with E-state index in [9.17, 15) is 4.79 Å². The van der Waals surface area contributed by atoms with Crippen molar-refractivity contribution in [2.24, 2.45) is 0 Å². The van der Waals surface area contributed by atoms with Gasteiger partial charge in [-0.15, -0.1) is 0 Å². The zero-order valence-electron chi connectivity index (χ0n) is 11.9. The summed E-state index contributed by atoms with van der Waals surface area (Å²) in [5, 5.41) is 5.76. The van der Waals surface area contributed by atoms with Crippen LogP contribution in [-0.2, 0) is 4.79 Å². The molecule has 0 radical (unpaired) electrons. The van der Waals surface area contributed by atoms with E-state index in [2.05, 4.69) is 15.6 Å². The Morgan fingerprint density at radius 2 is 1.81 bits per heavy atom. The predicted octanol–water partition coefficient (Wildman–Crippen LogP) is 2.15. The van der Waals surface area contributed by atoms with Gasteiger partial charge in [0.15, 0.2) is 0 Å². The number of ether oxygens (including phenoxy) is 2. The summed E-state index contributed by atoms with van der Waals surface area (Å²) >= 11 is 0. The van der Waals surface area contributed by atoms with Crippen LogP contribution in [0, 0.1) is 0 Å². The van der Waals surface area contributed by atoms with Gasteiger partial charge in [0.2, 0.25) is 5.91 Å². The van der Waals surface area contributed by atoms with Crippen molar-refractivity contribution in [3.63, 3.8) is 0 Å². The van der Waals surface area contributed by atoms with E-state index < -0.39 is 0 Å². The number of methoxy groups -OCH3 is 2. The van der Waals surface area contributed by atoms with Crippen molar-refractivity contribution in [3.05, 3.63) is 42.7 Å². The van der Waals surface area contributed by atoms with Crippen molar-refractivity contribution in [1.29, 1.82) is 0 Å². The second kappa shape index (κ2) is 7.14. The minimum Gasteiger partial charge on any atom is -0.495 e. The lowest BCUT2D eigenvalue weighted by atomic mass is 10.3. The molecule has 0 aliphatic heterocycles. The molecule has 0 unspecified atom stereocenters. The summed E-state index contributed by atoms with van der Waals surface area (Å²) in [5.74, 6) is 1.05. The number of amides is 1. The van der Waals surface area contributed by atoms with E-state index in [4.69, 9.17) is 9.47 Å². The Labute approximate surface area is 123 Å². The molecule has 6 heteroatoms. The highest BCUT2D eigenvalue weighted by atomic mass is 16.5. The molecule has 0 saturated heterocycles. The monoisotopic (exact) mass is 287 g/mol. The van der Waals surface area contributed by atoms with Crippen LogP contribution in [0.2, 0.25) is 0 Å². The molecule has 21 heavy (non-hydrogen) atoms. The van der Waals surface area contributed by atoms with Crippen LogP contribution in [0.4, 0.5) is 11.4 Å². The van der Waals surface area contributed by atoms with Crippen LogP contribution in [0.1, 0.15) is 0 Å². The number of carbonyl (C=O) groups is 1. The Kier molecular flexibility index (Phi) is 4.98. The molecule has 2 aromatic rings. The summed E-state index contributed by atoms with van der Waals surface area (Å²) in [5.41, 5.74) is 1.29. The molecule has 6 nitrogen and oxygen atoms in total. The SMILES string of the molecule is COc1ccccc1NCC(=O)Nc1cnccc1OC. The third-order valence-corrected chi connectivity index (χ3v) is 2.82. The molecule has 0 bridgehead atoms. The minimum atomic E-state index is -0.202. The average molecular weight is 287 g/mol. The molecule has 0 saturated carbocycles. The first-order chi connectivity index (χ1) is 10.2. The summed E-state index contributed by atoms with van der Waals surface area (Å²) < 4.78 is 10.4. The number of nitrogens with zero attached hydrogens (tertiary/aromatic N) is 1. The molecule has 1 heterocycles. The second-order valence-corrected chi connectivity index (χ2v) is 4.18. The minimum absolute atomic E-state index is 0.110. The maximum atomic E-state index is 12.0. The van der Waals surface area contributed by atoms with Crippen molar-refractivity contribution in [1.82, 2.24) is 4.98 Å². The van der Waals surface area contributed by atoms with Crippen LogP contribution in [0.5, 0.6) is 11.5 Å². The molecular formula is C15H17N3O3. The lowest BCUT2D eigenvalue weighted by Gasteiger charge is -2.12. The van der Waals surface area contributed by atoms with Gasteiger partial charge in [0.25, 0.3) is 0 Å². The van der Waals surface area contributed by atoms with Crippen LogP contribution in [-0.4, -0.2) is 31.7 Å². The first-order valence-electron chi connectivity index (χ1n) is 6.39. The zero-order chi connectivity index (χ0) is 15.1. The second-order valence-electron chi connectivity index (χ2n) is 4.18. The van der Waals surface area contributed by atoms with Crippen molar-refractivity contribution >= 4 is 17.3 Å². The Morgan fingerprint density at radius 3 is 2.57 bits per heavy atom. The maximum absolute atomic E-state index is 12.0. The third kappa shape index (κ3) is 3.85. The normalized spacial score (nSPS) is 9.81. The van der Waals surface area contributed by atoms with Gasteiger partial charge < -0.3 is 20.1 Å². The van der Waals surface area contributed by atoms with Crippen LogP contribution in [0.25, 0.3) is 0 Å². The highest BCUT2D eigenvalue weighted by Crippen LogP contribution is 2.23. The van der Waals surface area contributed by atoms with E-state index in [1.165, 1.54) is 7.11 Å². The number of aromatic nitrogens is 1. The van der Waals surface area contributed by atoms with E-state index >= 15 is 0 Å². The number of anilines is 2. The van der Waals surface area contributed by atoms with E-state index in [1.807, 2.05) is 24.3 Å². The van der Waals surface area contributed by atoms with Crippen molar-refractivity contribution in [3.8, 4) is 11.5 Å². The lowest BCUT2D eigenvalue weighted by Crippen LogP contribution is -2.22. The Hall–Kier alpha value is -2.76. The van der Waals surface area contributed by atoms with Gasteiger partial charge >= 0.3 is 0 Å². The molecule has 0 spiro atoms. The van der Waals surface area contributed by atoms with Crippen LogP contribution >= 0.6 is 0 Å². The number of nitrogens with one attached hydrogen (secondary N) is 2. The third-order valence-electron chi connectivity index (χ3n) is 2.82. The Bertz CT molecular complexity index is 617. The van der Waals surface area contributed by atoms with Crippen LogP contribution < -0.4 is 20.1 Å².